The van der Waals surface area contributed by atoms with Crippen molar-refractivity contribution in [1.29, 1.82) is 0 Å². The van der Waals surface area contributed by atoms with Gasteiger partial charge in [-0.05, 0) is 12.1 Å². The summed E-state index contributed by atoms with van der Waals surface area (Å²) in [6.07, 6.45) is 0.713. The van der Waals surface area contributed by atoms with E-state index in [-0.39, 0.29) is 12.4 Å². The first-order valence-corrected chi connectivity index (χ1v) is 7.60. The third-order valence-corrected chi connectivity index (χ3v) is 3.86. The highest BCUT2D eigenvalue weighted by Crippen LogP contribution is 2.40. The molecule has 1 saturated heterocycles. The molecule has 3 rings (SSSR count). The Morgan fingerprint density at radius 3 is 2.36 bits per heavy atom. The molecule has 22 heavy (non-hydrogen) atoms. The highest BCUT2D eigenvalue weighted by atomic mass is 35.5. The Balaban J connectivity index is 0.00000176. The van der Waals surface area contributed by atoms with Gasteiger partial charge in [-0.25, -0.2) is 0 Å². The quantitative estimate of drug-likeness (QED) is 0.749. The Labute approximate surface area is 137 Å². The van der Waals surface area contributed by atoms with Crippen LogP contribution in [0.1, 0.15) is 13.3 Å². The van der Waals surface area contributed by atoms with Gasteiger partial charge in [-0.15, -0.1) is 12.4 Å². The minimum atomic E-state index is -0.608. The second-order valence-electron chi connectivity index (χ2n) is 5.60. The first-order valence-electron chi connectivity index (χ1n) is 7.60. The molecule has 0 bridgehead atoms. The topological polar surface area (TPSA) is 40.2 Å². The summed E-state index contributed by atoms with van der Waals surface area (Å²) in [5.41, 5.74) is 0. The fourth-order valence-corrected chi connectivity index (χ4v) is 2.58. The molecule has 0 aliphatic carbocycles. The van der Waals surface area contributed by atoms with Crippen molar-refractivity contribution in [3.63, 3.8) is 0 Å². The molecule has 0 saturated carbocycles. The predicted octanol–water partition coefficient (Wildman–Crippen LogP) is 2.33. The summed E-state index contributed by atoms with van der Waals surface area (Å²) in [6, 6.07) is 7.76. The van der Waals surface area contributed by atoms with Crippen LogP contribution in [0.2, 0.25) is 0 Å². The van der Waals surface area contributed by atoms with Gasteiger partial charge in [-0.3, -0.25) is 4.90 Å². The van der Waals surface area contributed by atoms with Crippen LogP contribution in [0.25, 0.3) is 0 Å². The van der Waals surface area contributed by atoms with Crippen molar-refractivity contribution in [2.75, 3.05) is 46.1 Å². The summed E-state index contributed by atoms with van der Waals surface area (Å²) in [5, 5.41) is 0. The predicted molar refractivity (Wildman–Crippen MR) is 86.0 cm³/mol. The molecule has 0 radical (unpaired) electrons. The van der Waals surface area contributed by atoms with E-state index in [0.29, 0.717) is 13.0 Å². The Morgan fingerprint density at radius 2 is 1.73 bits per heavy atom. The van der Waals surface area contributed by atoms with Gasteiger partial charge in [0.05, 0.1) is 26.4 Å². The summed E-state index contributed by atoms with van der Waals surface area (Å²) in [6.45, 7) is 7.96. The molecule has 2 aliphatic rings. The van der Waals surface area contributed by atoms with Crippen LogP contribution in [-0.4, -0.2) is 56.7 Å². The number of halogens is 1. The first-order chi connectivity index (χ1) is 10.3. The molecule has 5 nitrogen and oxygen atoms in total. The van der Waals surface area contributed by atoms with Crippen LogP contribution >= 0.6 is 12.4 Å². The Bertz CT molecular complexity index is 440. The van der Waals surface area contributed by atoms with E-state index in [4.69, 9.17) is 18.9 Å². The van der Waals surface area contributed by atoms with Crippen molar-refractivity contribution in [2.45, 2.75) is 19.1 Å². The van der Waals surface area contributed by atoms with Gasteiger partial charge < -0.3 is 18.9 Å². The van der Waals surface area contributed by atoms with Gasteiger partial charge in [0, 0.05) is 33.0 Å². The minimum Gasteiger partial charge on any atom is -0.449 e. The highest BCUT2D eigenvalue weighted by molar-refractivity contribution is 5.85. The Hall–Kier alpha value is -1.01. The summed E-state index contributed by atoms with van der Waals surface area (Å²) >= 11 is 0. The Kier molecular flexibility index (Phi) is 6.32. The monoisotopic (exact) mass is 329 g/mol. The van der Waals surface area contributed by atoms with Crippen molar-refractivity contribution in [1.82, 2.24) is 4.90 Å². The number of nitrogens with zero attached hydrogens (tertiary/aromatic N) is 1. The van der Waals surface area contributed by atoms with Crippen molar-refractivity contribution in [2.24, 2.45) is 0 Å². The van der Waals surface area contributed by atoms with E-state index in [1.165, 1.54) is 0 Å². The van der Waals surface area contributed by atoms with E-state index in [9.17, 15) is 0 Å². The van der Waals surface area contributed by atoms with E-state index in [0.717, 1.165) is 51.0 Å². The van der Waals surface area contributed by atoms with Gasteiger partial charge in [0.1, 0.15) is 0 Å². The lowest BCUT2D eigenvalue weighted by atomic mass is 10.2. The fourth-order valence-electron chi connectivity index (χ4n) is 2.58. The number of ether oxygens (including phenoxy) is 4. The second-order valence-corrected chi connectivity index (χ2v) is 5.60. The summed E-state index contributed by atoms with van der Waals surface area (Å²) in [4.78, 5) is 2.36. The van der Waals surface area contributed by atoms with Crippen LogP contribution in [-0.2, 0) is 9.47 Å². The average Bonchev–Trinajstić information content (AvgIpc) is 2.84. The third kappa shape index (κ3) is 4.49. The smallest absolute Gasteiger partial charge is 0.251 e. The molecule has 2 heterocycles. The van der Waals surface area contributed by atoms with E-state index >= 15 is 0 Å². The van der Waals surface area contributed by atoms with Gasteiger partial charge in [-0.1, -0.05) is 12.1 Å². The van der Waals surface area contributed by atoms with Crippen LogP contribution in [0, 0.1) is 0 Å². The van der Waals surface area contributed by atoms with Gasteiger partial charge in [0.2, 0.25) is 0 Å². The van der Waals surface area contributed by atoms with E-state index in [1.54, 1.807) is 0 Å². The van der Waals surface area contributed by atoms with E-state index in [2.05, 4.69) is 4.90 Å². The van der Waals surface area contributed by atoms with Crippen molar-refractivity contribution in [3.8, 4) is 11.5 Å². The number of benzene rings is 1. The molecule has 0 amide bonds. The SMILES string of the molecule is CC1(CCOCCN2CCOCC2)Oc2ccccc2O1.Cl. The van der Waals surface area contributed by atoms with Crippen LogP contribution < -0.4 is 9.47 Å². The highest BCUT2D eigenvalue weighted by Gasteiger charge is 2.36. The van der Waals surface area contributed by atoms with Gasteiger partial charge in [0.25, 0.3) is 5.79 Å². The lowest BCUT2D eigenvalue weighted by Gasteiger charge is -2.26. The van der Waals surface area contributed by atoms with Gasteiger partial charge in [0.15, 0.2) is 11.5 Å². The zero-order valence-electron chi connectivity index (χ0n) is 13.0. The molecule has 1 fully saturated rings. The summed E-state index contributed by atoms with van der Waals surface area (Å²) in [7, 11) is 0. The van der Waals surface area contributed by atoms with Crippen molar-refractivity contribution < 1.29 is 18.9 Å². The zero-order valence-corrected chi connectivity index (χ0v) is 13.8. The molecule has 0 unspecified atom stereocenters. The maximum Gasteiger partial charge on any atom is 0.251 e. The molecule has 2 aliphatic heterocycles. The molecular weight excluding hydrogens is 306 g/mol. The minimum absolute atomic E-state index is 0. The van der Waals surface area contributed by atoms with Crippen LogP contribution in [0.3, 0.4) is 0 Å². The normalized spacial score (nSPS) is 19.7. The number of hydrogen-bond acceptors (Lipinski definition) is 5. The summed E-state index contributed by atoms with van der Waals surface area (Å²) < 4.78 is 22.8. The van der Waals surface area contributed by atoms with Gasteiger partial charge in [-0.2, -0.15) is 0 Å². The molecule has 6 heteroatoms. The molecule has 0 N–H and O–H groups in total. The number of morpholine rings is 1. The fraction of sp³-hybridized carbons (Fsp3) is 0.625. The van der Waals surface area contributed by atoms with Crippen LogP contribution in [0.15, 0.2) is 24.3 Å². The number of para-hydroxylation sites is 2. The van der Waals surface area contributed by atoms with E-state index < -0.39 is 5.79 Å². The molecule has 0 atom stereocenters. The van der Waals surface area contributed by atoms with Crippen LogP contribution in [0.4, 0.5) is 0 Å². The molecule has 0 aromatic heterocycles. The maximum atomic E-state index is 5.86. The number of rotatable bonds is 6. The second kappa shape index (κ2) is 8.02. The average molecular weight is 330 g/mol. The zero-order chi connectivity index (χ0) is 14.5. The van der Waals surface area contributed by atoms with Crippen molar-refractivity contribution >= 4 is 12.4 Å². The standard InChI is InChI=1S/C16H23NO4.ClH/c1-16(20-14-4-2-3-5-15(14)21-16)6-10-18-11-7-17-8-12-19-13-9-17;/h2-5H,6-13H2,1H3;1H. The first kappa shape index (κ1) is 17.3. The molecule has 1 aromatic carbocycles. The third-order valence-electron chi connectivity index (χ3n) is 3.86. The lowest BCUT2D eigenvalue weighted by molar-refractivity contribution is -0.0848. The molecule has 1 aromatic rings. The maximum absolute atomic E-state index is 5.86. The molecule has 124 valence electrons. The van der Waals surface area contributed by atoms with Gasteiger partial charge >= 0.3 is 0 Å². The lowest BCUT2D eigenvalue weighted by Crippen LogP contribution is -2.39. The Morgan fingerprint density at radius 1 is 1.09 bits per heavy atom. The number of hydrogen-bond donors (Lipinski definition) is 0. The van der Waals surface area contributed by atoms with E-state index in [1.807, 2.05) is 31.2 Å². The largest absolute Gasteiger partial charge is 0.449 e. The summed E-state index contributed by atoms with van der Waals surface area (Å²) in [5.74, 6) is 1.02. The molecule has 0 spiro atoms. The van der Waals surface area contributed by atoms with Crippen LogP contribution in [0.5, 0.6) is 11.5 Å². The molecular formula is C16H24ClNO4. The van der Waals surface area contributed by atoms with Crippen molar-refractivity contribution in [3.05, 3.63) is 24.3 Å². The number of fused-ring (bicyclic) bond motifs is 1.